The van der Waals surface area contributed by atoms with Crippen LogP contribution < -0.4 is 9.47 Å². The third-order valence-corrected chi connectivity index (χ3v) is 3.38. The van der Waals surface area contributed by atoms with Gasteiger partial charge in [-0.2, -0.15) is 0 Å². The number of carboxylic acid groups (broad SMARTS) is 1. The molecule has 0 amide bonds. The van der Waals surface area contributed by atoms with E-state index in [0.717, 1.165) is 16.6 Å². The predicted molar refractivity (Wildman–Crippen MR) is 84.8 cm³/mol. The summed E-state index contributed by atoms with van der Waals surface area (Å²) in [4.78, 5) is 18.4. The van der Waals surface area contributed by atoms with Gasteiger partial charge in [0.05, 0.1) is 24.6 Å². The van der Waals surface area contributed by atoms with Gasteiger partial charge in [0, 0.05) is 0 Å². The van der Waals surface area contributed by atoms with Gasteiger partial charge in [-0.15, -0.1) is 0 Å². The molecule has 0 fully saturated rings. The first-order valence-corrected chi connectivity index (χ1v) is 7.11. The van der Waals surface area contributed by atoms with Gasteiger partial charge in [0.1, 0.15) is 12.4 Å². The Balaban J connectivity index is 1.77. The topological polar surface area (TPSA) is 84.4 Å². The quantitative estimate of drug-likeness (QED) is 0.731. The number of aromatic nitrogens is 2. The van der Waals surface area contributed by atoms with E-state index in [1.807, 2.05) is 24.3 Å². The van der Waals surface area contributed by atoms with Gasteiger partial charge in [-0.3, -0.25) is 4.79 Å². The monoisotopic (exact) mass is 312 g/mol. The van der Waals surface area contributed by atoms with Gasteiger partial charge >= 0.3 is 5.97 Å². The molecule has 3 aromatic rings. The molecule has 23 heavy (non-hydrogen) atoms. The van der Waals surface area contributed by atoms with Crippen LogP contribution in [0.5, 0.6) is 11.5 Å². The third kappa shape index (κ3) is 3.42. The SMILES string of the molecule is COc1ccccc1OCc1nc2ccc(CC(=O)O)cc2[nH]1. The molecule has 0 bridgehead atoms. The predicted octanol–water partition coefficient (Wildman–Crippen LogP) is 2.78. The van der Waals surface area contributed by atoms with E-state index in [1.54, 1.807) is 25.3 Å². The smallest absolute Gasteiger partial charge is 0.307 e. The van der Waals surface area contributed by atoms with E-state index in [2.05, 4.69) is 9.97 Å². The Hall–Kier alpha value is -3.02. The molecule has 0 spiro atoms. The average Bonchev–Trinajstić information content (AvgIpc) is 2.94. The van der Waals surface area contributed by atoms with E-state index < -0.39 is 5.97 Å². The molecule has 0 atom stereocenters. The minimum atomic E-state index is -0.858. The summed E-state index contributed by atoms with van der Waals surface area (Å²) in [7, 11) is 1.59. The number of fused-ring (bicyclic) bond motifs is 1. The van der Waals surface area contributed by atoms with Crippen LogP contribution in [0.1, 0.15) is 11.4 Å². The zero-order valence-corrected chi connectivity index (χ0v) is 12.6. The van der Waals surface area contributed by atoms with Crippen LogP contribution >= 0.6 is 0 Å². The number of para-hydroxylation sites is 2. The maximum Gasteiger partial charge on any atom is 0.307 e. The Kier molecular flexibility index (Phi) is 4.14. The lowest BCUT2D eigenvalue weighted by Crippen LogP contribution is -1.99. The summed E-state index contributed by atoms with van der Waals surface area (Å²) in [6.45, 7) is 0.267. The zero-order chi connectivity index (χ0) is 16.2. The van der Waals surface area contributed by atoms with Crippen LogP contribution in [-0.2, 0) is 17.8 Å². The lowest BCUT2D eigenvalue weighted by Gasteiger charge is -2.08. The van der Waals surface area contributed by atoms with E-state index in [9.17, 15) is 4.79 Å². The third-order valence-electron chi connectivity index (χ3n) is 3.38. The van der Waals surface area contributed by atoms with Gasteiger partial charge in [-0.05, 0) is 29.8 Å². The Labute approximate surface area is 132 Å². The molecular weight excluding hydrogens is 296 g/mol. The Morgan fingerprint density at radius 1 is 1.22 bits per heavy atom. The normalized spacial score (nSPS) is 10.7. The summed E-state index contributed by atoms with van der Waals surface area (Å²) in [6, 6.07) is 12.8. The highest BCUT2D eigenvalue weighted by molar-refractivity contribution is 5.78. The molecule has 0 saturated carbocycles. The van der Waals surface area contributed by atoms with Crippen molar-refractivity contribution in [3.63, 3.8) is 0 Å². The number of carbonyl (C=O) groups is 1. The maximum absolute atomic E-state index is 10.8. The molecule has 6 nitrogen and oxygen atoms in total. The number of benzene rings is 2. The fourth-order valence-electron chi connectivity index (χ4n) is 2.35. The van der Waals surface area contributed by atoms with E-state index in [1.165, 1.54) is 0 Å². The minimum Gasteiger partial charge on any atom is -0.493 e. The van der Waals surface area contributed by atoms with E-state index in [-0.39, 0.29) is 13.0 Å². The van der Waals surface area contributed by atoms with Crippen LogP contribution in [0.15, 0.2) is 42.5 Å². The first-order chi connectivity index (χ1) is 11.2. The maximum atomic E-state index is 10.8. The second kappa shape index (κ2) is 6.39. The van der Waals surface area contributed by atoms with Gasteiger partial charge in [-0.1, -0.05) is 18.2 Å². The first kappa shape index (κ1) is 14.9. The number of nitrogens with one attached hydrogen (secondary N) is 1. The van der Waals surface area contributed by atoms with Crippen molar-refractivity contribution in [2.24, 2.45) is 0 Å². The summed E-state index contributed by atoms with van der Waals surface area (Å²) in [5.74, 6) is 1.11. The minimum absolute atomic E-state index is 0.0119. The molecule has 0 unspecified atom stereocenters. The van der Waals surface area contributed by atoms with Crippen LogP contribution in [0.4, 0.5) is 0 Å². The number of methoxy groups -OCH3 is 1. The van der Waals surface area contributed by atoms with E-state index in [0.29, 0.717) is 17.3 Å². The number of hydrogen-bond acceptors (Lipinski definition) is 4. The molecule has 0 radical (unpaired) electrons. The Bertz CT molecular complexity index is 841. The summed E-state index contributed by atoms with van der Waals surface area (Å²) in [5, 5.41) is 8.85. The Morgan fingerprint density at radius 2 is 2.00 bits per heavy atom. The summed E-state index contributed by atoms with van der Waals surface area (Å²) < 4.78 is 11.0. The van der Waals surface area contributed by atoms with Gasteiger partial charge in [0.25, 0.3) is 0 Å². The number of H-pyrrole nitrogens is 1. The van der Waals surface area contributed by atoms with Crippen molar-refractivity contribution in [3.05, 3.63) is 53.9 Å². The Morgan fingerprint density at radius 3 is 2.74 bits per heavy atom. The summed E-state index contributed by atoms with van der Waals surface area (Å²) in [6.07, 6.45) is -0.0119. The number of carboxylic acids is 1. The lowest BCUT2D eigenvalue weighted by molar-refractivity contribution is -0.136. The van der Waals surface area contributed by atoms with Crippen molar-refractivity contribution in [1.29, 1.82) is 0 Å². The van der Waals surface area contributed by atoms with Crippen molar-refractivity contribution in [2.75, 3.05) is 7.11 Å². The molecule has 0 aliphatic carbocycles. The lowest BCUT2D eigenvalue weighted by atomic mass is 10.1. The van der Waals surface area contributed by atoms with Crippen molar-refractivity contribution < 1.29 is 19.4 Å². The molecule has 3 rings (SSSR count). The highest BCUT2D eigenvalue weighted by atomic mass is 16.5. The van der Waals surface area contributed by atoms with Crippen molar-refractivity contribution >= 4 is 17.0 Å². The molecule has 2 aromatic carbocycles. The van der Waals surface area contributed by atoms with Crippen molar-refractivity contribution in [3.8, 4) is 11.5 Å². The highest BCUT2D eigenvalue weighted by Crippen LogP contribution is 2.26. The van der Waals surface area contributed by atoms with Crippen LogP contribution in [0.3, 0.4) is 0 Å². The fourth-order valence-corrected chi connectivity index (χ4v) is 2.35. The second-order valence-corrected chi connectivity index (χ2v) is 5.05. The molecule has 1 heterocycles. The van der Waals surface area contributed by atoms with E-state index in [4.69, 9.17) is 14.6 Å². The van der Waals surface area contributed by atoms with Crippen LogP contribution in [0, 0.1) is 0 Å². The van der Waals surface area contributed by atoms with Crippen molar-refractivity contribution in [1.82, 2.24) is 9.97 Å². The number of ether oxygens (including phenoxy) is 2. The number of rotatable bonds is 6. The molecule has 118 valence electrons. The zero-order valence-electron chi connectivity index (χ0n) is 12.6. The number of aromatic amines is 1. The summed E-state index contributed by atoms with van der Waals surface area (Å²) in [5.41, 5.74) is 2.30. The van der Waals surface area contributed by atoms with Crippen LogP contribution in [-0.4, -0.2) is 28.2 Å². The van der Waals surface area contributed by atoms with Crippen molar-refractivity contribution in [2.45, 2.75) is 13.0 Å². The second-order valence-electron chi connectivity index (χ2n) is 5.05. The van der Waals surface area contributed by atoms with Gasteiger partial charge in [0.2, 0.25) is 0 Å². The number of nitrogens with zero attached hydrogens (tertiary/aromatic N) is 1. The molecule has 1 aromatic heterocycles. The standard InChI is InChI=1S/C17H16N2O4/c1-22-14-4-2-3-5-15(14)23-10-16-18-12-7-6-11(9-17(20)21)8-13(12)19-16/h2-8H,9-10H2,1H3,(H,18,19)(H,20,21). The number of imidazole rings is 1. The summed E-state index contributed by atoms with van der Waals surface area (Å²) >= 11 is 0. The average molecular weight is 312 g/mol. The van der Waals surface area contributed by atoms with Crippen LogP contribution in [0.25, 0.3) is 11.0 Å². The molecule has 6 heteroatoms. The highest BCUT2D eigenvalue weighted by Gasteiger charge is 2.08. The molecule has 0 aliphatic rings. The van der Waals surface area contributed by atoms with Gasteiger partial charge in [0.15, 0.2) is 11.5 Å². The molecule has 0 aliphatic heterocycles. The fraction of sp³-hybridized carbons (Fsp3) is 0.176. The molecular formula is C17H16N2O4. The largest absolute Gasteiger partial charge is 0.493 e. The van der Waals surface area contributed by atoms with Gasteiger partial charge < -0.3 is 19.6 Å². The number of aliphatic carboxylic acids is 1. The molecule has 0 saturated heterocycles. The van der Waals surface area contributed by atoms with Crippen LogP contribution in [0.2, 0.25) is 0 Å². The van der Waals surface area contributed by atoms with E-state index >= 15 is 0 Å². The number of hydrogen-bond donors (Lipinski definition) is 2. The first-order valence-electron chi connectivity index (χ1n) is 7.11. The molecule has 2 N–H and O–H groups in total. The van der Waals surface area contributed by atoms with Gasteiger partial charge in [-0.25, -0.2) is 4.98 Å².